The Labute approximate surface area is 227 Å². The highest BCUT2D eigenvalue weighted by molar-refractivity contribution is 9.10. The number of carbonyl (C=O) groups excluding carboxylic acids is 1. The predicted octanol–water partition coefficient (Wildman–Crippen LogP) is 7.40. The van der Waals surface area contributed by atoms with Crippen LogP contribution in [0.15, 0.2) is 89.7 Å². The second-order valence-electron chi connectivity index (χ2n) is 8.85. The molecule has 0 fully saturated rings. The van der Waals surface area contributed by atoms with Gasteiger partial charge in [-0.1, -0.05) is 26.0 Å². The molecule has 8 nitrogen and oxygen atoms in total. The van der Waals surface area contributed by atoms with Crippen LogP contribution in [-0.4, -0.2) is 26.0 Å². The van der Waals surface area contributed by atoms with Gasteiger partial charge in [-0.3, -0.25) is 4.79 Å². The fraction of sp³-hybridized carbons (Fsp3) is 0.103. The minimum Gasteiger partial charge on any atom is -0.508 e. The zero-order valence-electron chi connectivity index (χ0n) is 20.6. The Kier molecular flexibility index (Phi) is 7.19. The number of pyridine rings is 1. The van der Waals surface area contributed by atoms with Gasteiger partial charge in [-0.2, -0.15) is 0 Å². The fourth-order valence-electron chi connectivity index (χ4n) is 3.76. The highest BCUT2D eigenvalue weighted by atomic mass is 79.9. The molecule has 9 heteroatoms. The van der Waals surface area contributed by atoms with Crippen molar-refractivity contribution >= 4 is 50.1 Å². The summed E-state index contributed by atoms with van der Waals surface area (Å²) in [7, 11) is 0. The number of hydrogen-bond acceptors (Lipinski definition) is 7. The van der Waals surface area contributed by atoms with Gasteiger partial charge in [-0.15, -0.1) is 0 Å². The monoisotopic (exact) mass is 569 g/mol. The van der Waals surface area contributed by atoms with Crippen LogP contribution in [-0.2, 0) is 0 Å². The number of rotatable bonds is 7. The number of phenols is 1. The molecule has 0 bridgehead atoms. The number of halogens is 1. The van der Waals surface area contributed by atoms with E-state index in [2.05, 4.69) is 55.4 Å². The molecule has 0 saturated heterocycles. The van der Waals surface area contributed by atoms with E-state index in [1.165, 1.54) is 18.5 Å². The van der Waals surface area contributed by atoms with E-state index in [0.29, 0.717) is 39.9 Å². The predicted molar refractivity (Wildman–Crippen MR) is 151 cm³/mol. The van der Waals surface area contributed by atoms with E-state index in [1.807, 2.05) is 36.4 Å². The zero-order valence-corrected chi connectivity index (χ0v) is 22.2. The van der Waals surface area contributed by atoms with E-state index in [9.17, 15) is 9.90 Å². The van der Waals surface area contributed by atoms with Crippen molar-refractivity contribution in [3.05, 3.63) is 101 Å². The summed E-state index contributed by atoms with van der Waals surface area (Å²) in [6, 6.07) is 22.8. The lowest BCUT2D eigenvalue weighted by Crippen LogP contribution is -2.12. The maximum Gasteiger partial charge on any atom is 0.255 e. The SMILES string of the molecule is CC(C)c1ccc2c(Nc3cc(C(=O)Nc4ccccc4Br)ccc3Oc3ccc(O)cc3)ncnc2n1. The quantitative estimate of drug-likeness (QED) is 0.187. The van der Waals surface area contributed by atoms with E-state index in [-0.39, 0.29) is 17.6 Å². The molecule has 1 amide bonds. The van der Waals surface area contributed by atoms with E-state index in [4.69, 9.17) is 4.74 Å². The maximum atomic E-state index is 13.1. The number of para-hydroxylation sites is 1. The topological polar surface area (TPSA) is 109 Å². The van der Waals surface area contributed by atoms with Crippen molar-refractivity contribution in [3.8, 4) is 17.2 Å². The van der Waals surface area contributed by atoms with Gasteiger partial charge in [0.1, 0.15) is 23.6 Å². The first kappa shape index (κ1) is 25.2. The third-order valence-electron chi connectivity index (χ3n) is 5.79. The van der Waals surface area contributed by atoms with Crippen molar-refractivity contribution in [2.45, 2.75) is 19.8 Å². The maximum absolute atomic E-state index is 13.1. The van der Waals surface area contributed by atoms with Crippen LogP contribution in [0.5, 0.6) is 17.2 Å². The molecule has 5 rings (SSSR count). The molecular weight excluding hydrogens is 546 g/mol. The Hall–Kier alpha value is -4.50. The number of fused-ring (bicyclic) bond motifs is 1. The number of aromatic nitrogens is 3. The van der Waals surface area contributed by atoms with Crippen molar-refractivity contribution in [1.29, 1.82) is 0 Å². The molecule has 3 aromatic carbocycles. The number of aromatic hydroxyl groups is 1. The number of phenolic OH excluding ortho intramolecular Hbond substituents is 1. The van der Waals surface area contributed by atoms with Crippen LogP contribution in [0.4, 0.5) is 17.2 Å². The molecule has 2 heterocycles. The van der Waals surface area contributed by atoms with Crippen LogP contribution < -0.4 is 15.4 Å². The average Bonchev–Trinajstić information content (AvgIpc) is 2.92. The van der Waals surface area contributed by atoms with Gasteiger partial charge in [-0.25, -0.2) is 15.0 Å². The summed E-state index contributed by atoms with van der Waals surface area (Å²) in [5.74, 6) is 1.62. The van der Waals surface area contributed by atoms with E-state index >= 15 is 0 Å². The first-order valence-electron chi connectivity index (χ1n) is 11.9. The summed E-state index contributed by atoms with van der Waals surface area (Å²) in [5, 5.41) is 16.6. The van der Waals surface area contributed by atoms with Crippen LogP contribution in [0.25, 0.3) is 11.0 Å². The first-order valence-corrected chi connectivity index (χ1v) is 12.7. The minimum absolute atomic E-state index is 0.135. The third kappa shape index (κ3) is 5.57. The molecule has 0 unspecified atom stereocenters. The molecule has 3 N–H and O–H groups in total. The number of hydrogen-bond donors (Lipinski definition) is 3. The van der Waals surface area contributed by atoms with Gasteiger partial charge in [0.25, 0.3) is 5.91 Å². The normalized spacial score (nSPS) is 10.9. The Morgan fingerprint density at radius 3 is 2.50 bits per heavy atom. The lowest BCUT2D eigenvalue weighted by atomic mass is 10.1. The highest BCUT2D eigenvalue weighted by Crippen LogP contribution is 2.35. The van der Waals surface area contributed by atoms with Crippen LogP contribution in [0.2, 0.25) is 0 Å². The Morgan fingerprint density at radius 2 is 1.74 bits per heavy atom. The molecule has 0 spiro atoms. The van der Waals surface area contributed by atoms with Crippen molar-refractivity contribution in [2.75, 3.05) is 10.6 Å². The molecular formula is C29H24BrN5O3. The molecule has 0 radical (unpaired) electrons. The number of anilines is 3. The number of ether oxygens (including phenoxy) is 1. The van der Waals surface area contributed by atoms with Gasteiger partial charge in [0.15, 0.2) is 11.4 Å². The zero-order chi connectivity index (χ0) is 26.6. The first-order chi connectivity index (χ1) is 18.4. The summed E-state index contributed by atoms with van der Waals surface area (Å²) in [4.78, 5) is 26.6. The fourth-order valence-corrected chi connectivity index (χ4v) is 4.15. The number of benzene rings is 3. The van der Waals surface area contributed by atoms with Crippen LogP contribution >= 0.6 is 15.9 Å². The molecule has 0 aliphatic carbocycles. The lowest BCUT2D eigenvalue weighted by molar-refractivity contribution is 0.102. The summed E-state index contributed by atoms with van der Waals surface area (Å²) in [5.41, 5.74) is 3.10. The molecule has 5 aromatic rings. The average molecular weight is 570 g/mol. The van der Waals surface area contributed by atoms with Crippen molar-refractivity contribution < 1.29 is 14.6 Å². The van der Waals surface area contributed by atoms with E-state index < -0.39 is 0 Å². The van der Waals surface area contributed by atoms with Crippen LogP contribution in [0.1, 0.15) is 35.8 Å². The molecule has 0 aliphatic rings. The standard InChI is InChI=1S/C29H24BrN5O3/c1-17(2)23-13-12-21-27(33-23)31-16-32-28(21)34-25-15-18(29(37)35-24-6-4-3-5-22(24)30)7-14-26(25)38-20-10-8-19(36)9-11-20/h3-17,36H,1-2H3,(H,35,37)(H,31,32,33,34). The number of amides is 1. The molecule has 0 aliphatic heterocycles. The van der Waals surface area contributed by atoms with Gasteiger partial charge in [-0.05, 0) is 88.6 Å². The van der Waals surface area contributed by atoms with Crippen molar-refractivity contribution in [2.24, 2.45) is 0 Å². The van der Waals surface area contributed by atoms with Crippen LogP contribution in [0.3, 0.4) is 0 Å². The second kappa shape index (κ2) is 10.9. The smallest absolute Gasteiger partial charge is 0.255 e. The molecule has 2 aromatic heterocycles. The van der Waals surface area contributed by atoms with Gasteiger partial charge in [0.2, 0.25) is 0 Å². The van der Waals surface area contributed by atoms with Gasteiger partial charge in [0, 0.05) is 15.7 Å². The van der Waals surface area contributed by atoms with E-state index in [1.54, 1.807) is 30.3 Å². The number of nitrogens with one attached hydrogen (secondary N) is 2. The Morgan fingerprint density at radius 1 is 0.947 bits per heavy atom. The van der Waals surface area contributed by atoms with Gasteiger partial charge < -0.3 is 20.5 Å². The lowest BCUT2D eigenvalue weighted by Gasteiger charge is -2.16. The third-order valence-corrected chi connectivity index (χ3v) is 6.48. The number of carbonyl (C=O) groups is 1. The second-order valence-corrected chi connectivity index (χ2v) is 9.70. The van der Waals surface area contributed by atoms with Crippen molar-refractivity contribution in [3.63, 3.8) is 0 Å². The Balaban J connectivity index is 1.52. The summed E-state index contributed by atoms with van der Waals surface area (Å²) >= 11 is 3.46. The van der Waals surface area contributed by atoms with E-state index in [0.717, 1.165) is 15.6 Å². The molecule has 0 atom stereocenters. The molecule has 0 saturated carbocycles. The number of nitrogens with zero attached hydrogens (tertiary/aromatic N) is 3. The Bertz CT molecular complexity index is 1620. The van der Waals surface area contributed by atoms with Gasteiger partial charge in [0.05, 0.1) is 16.8 Å². The minimum atomic E-state index is -0.285. The molecule has 190 valence electrons. The summed E-state index contributed by atoms with van der Waals surface area (Å²) in [6.45, 7) is 4.15. The van der Waals surface area contributed by atoms with Crippen molar-refractivity contribution in [1.82, 2.24) is 15.0 Å². The largest absolute Gasteiger partial charge is 0.508 e. The summed E-state index contributed by atoms with van der Waals surface area (Å²) < 4.78 is 6.88. The summed E-state index contributed by atoms with van der Waals surface area (Å²) in [6.07, 6.45) is 1.45. The van der Waals surface area contributed by atoms with Crippen LogP contribution in [0, 0.1) is 0 Å². The van der Waals surface area contributed by atoms with Gasteiger partial charge >= 0.3 is 0 Å². The molecule has 38 heavy (non-hydrogen) atoms. The highest BCUT2D eigenvalue weighted by Gasteiger charge is 2.16.